The van der Waals surface area contributed by atoms with Crippen LogP contribution < -0.4 is 0 Å². The topological polar surface area (TPSA) is 137 Å². The zero-order chi connectivity index (χ0) is 19.8. The van der Waals surface area contributed by atoms with Crippen LogP contribution in [0.15, 0.2) is 63.7 Å². The molecule has 0 atom stereocenters. The molecule has 0 amide bonds. The van der Waals surface area contributed by atoms with Crippen molar-refractivity contribution in [1.82, 2.24) is 0 Å². The van der Waals surface area contributed by atoms with E-state index in [1.54, 1.807) is 24.3 Å². The largest absolute Gasteiger partial charge is 0.505 e. The maximum atomic E-state index is 11.3. The molecule has 11 heteroatoms. The van der Waals surface area contributed by atoms with Gasteiger partial charge in [0, 0.05) is 43.1 Å². The summed E-state index contributed by atoms with van der Waals surface area (Å²) in [6.07, 6.45) is 0. The van der Waals surface area contributed by atoms with Crippen LogP contribution in [-0.4, -0.2) is 66.9 Å². The third-order valence-corrected chi connectivity index (χ3v) is 5.02. The molecule has 8 nitrogen and oxygen atoms in total. The number of hydrogen-bond acceptors (Lipinski definition) is 6. The van der Waals surface area contributed by atoms with Gasteiger partial charge in [0.25, 0.3) is 10.1 Å². The molecule has 28 heavy (non-hydrogen) atoms. The van der Waals surface area contributed by atoms with Gasteiger partial charge in [0.15, 0.2) is 5.75 Å². The molecule has 0 bridgehead atoms. The number of halogens is 1. The summed E-state index contributed by atoms with van der Waals surface area (Å²) in [5.74, 6) is -1.91. The molecule has 0 spiro atoms. The Morgan fingerprint density at radius 2 is 1.71 bits per heavy atom. The number of hydrogen-bond donors (Lipinski definition) is 3. The SMILES string of the molecule is O=C(O)c1cc2ccccc2c(N=Nc2ccc(Cl)c(S(=O)(=O)O)c2)c1O.[Ca]. The maximum absolute atomic E-state index is 11.3. The van der Waals surface area contributed by atoms with Gasteiger partial charge >= 0.3 is 5.97 Å². The number of rotatable bonds is 4. The van der Waals surface area contributed by atoms with Crippen molar-refractivity contribution in [1.29, 1.82) is 0 Å². The van der Waals surface area contributed by atoms with Crippen LogP contribution in [0.4, 0.5) is 11.4 Å². The van der Waals surface area contributed by atoms with Gasteiger partial charge in [-0.25, -0.2) is 4.79 Å². The van der Waals surface area contributed by atoms with Gasteiger partial charge in [-0.2, -0.15) is 13.5 Å². The van der Waals surface area contributed by atoms with Crippen LogP contribution in [0, 0.1) is 0 Å². The molecule has 3 aromatic carbocycles. The van der Waals surface area contributed by atoms with E-state index in [0.29, 0.717) is 10.8 Å². The Balaban J connectivity index is 0.00000280. The van der Waals surface area contributed by atoms with Gasteiger partial charge in [-0.3, -0.25) is 4.55 Å². The summed E-state index contributed by atoms with van der Waals surface area (Å²) >= 11 is 5.74. The minimum absolute atomic E-state index is 0. The maximum Gasteiger partial charge on any atom is 0.339 e. The Hall–Kier alpha value is -1.75. The Bertz CT molecular complexity index is 1210. The molecule has 0 aromatic heterocycles. The number of phenols is 1. The molecule has 0 saturated carbocycles. The Morgan fingerprint density at radius 1 is 1.04 bits per heavy atom. The van der Waals surface area contributed by atoms with E-state index in [4.69, 9.17) is 11.6 Å². The van der Waals surface area contributed by atoms with Crippen LogP contribution in [0.5, 0.6) is 5.75 Å². The number of carboxylic acid groups (broad SMARTS) is 1. The summed E-state index contributed by atoms with van der Waals surface area (Å²) in [6, 6.07) is 11.5. The standard InChI is InChI=1S/C17H11ClN2O6S.Ca/c18-13-6-5-10(8-14(13)27(24,25)26)19-20-15-11-4-2-1-3-9(11)7-12(16(15)21)17(22)23;/h1-8,21H,(H,22,23)(H,24,25,26);. The first-order valence-electron chi connectivity index (χ1n) is 7.35. The van der Waals surface area contributed by atoms with Crippen molar-refractivity contribution < 1.29 is 28.0 Å². The summed E-state index contributed by atoms with van der Waals surface area (Å²) in [5, 5.41) is 28.0. The second-order valence-electron chi connectivity index (χ2n) is 5.44. The van der Waals surface area contributed by atoms with E-state index in [-0.39, 0.29) is 59.7 Å². The summed E-state index contributed by atoms with van der Waals surface area (Å²) < 4.78 is 31.8. The molecule has 0 unspecified atom stereocenters. The number of azo groups is 1. The van der Waals surface area contributed by atoms with E-state index in [9.17, 15) is 28.0 Å². The summed E-state index contributed by atoms with van der Waals surface area (Å²) in [4.78, 5) is 10.8. The second kappa shape index (κ2) is 8.73. The first-order valence-corrected chi connectivity index (χ1v) is 9.17. The first kappa shape index (κ1) is 22.5. The van der Waals surface area contributed by atoms with Gasteiger partial charge in [0.05, 0.1) is 10.7 Å². The number of carbonyl (C=O) groups is 1. The molecule has 0 aliphatic rings. The predicted octanol–water partition coefficient (Wildman–Crippen LogP) is 4.18. The zero-order valence-electron chi connectivity index (χ0n) is 14.1. The van der Waals surface area contributed by atoms with Gasteiger partial charge in [-0.05, 0) is 29.7 Å². The first-order chi connectivity index (χ1) is 12.7. The number of nitrogens with zero attached hydrogens (tertiary/aromatic N) is 2. The van der Waals surface area contributed by atoms with Crippen molar-refractivity contribution in [2.24, 2.45) is 10.2 Å². The summed E-state index contributed by atoms with van der Waals surface area (Å²) in [7, 11) is -4.56. The van der Waals surface area contributed by atoms with E-state index >= 15 is 0 Å². The van der Waals surface area contributed by atoms with Gasteiger partial charge in [0.2, 0.25) is 0 Å². The Kier molecular flexibility index (Phi) is 7.02. The number of fused-ring (bicyclic) bond motifs is 1. The monoisotopic (exact) mass is 446 g/mol. The van der Waals surface area contributed by atoms with Crippen LogP contribution in [0.3, 0.4) is 0 Å². The molecule has 140 valence electrons. The molecule has 0 aliphatic carbocycles. The Morgan fingerprint density at radius 3 is 2.36 bits per heavy atom. The van der Waals surface area contributed by atoms with Gasteiger partial charge in [0.1, 0.15) is 16.1 Å². The van der Waals surface area contributed by atoms with Crippen molar-refractivity contribution in [3.8, 4) is 5.75 Å². The third kappa shape index (κ3) is 4.62. The normalized spacial score (nSPS) is 11.5. The average molecular weight is 447 g/mol. The second-order valence-corrected chi connectivity index (χ2v) is 7.23. The average Bonchev–Trinajstić information content (AvgIpc) is 2.60. The number of aromatic hydroxyl groups is 1. The molecule has 3 rings (SSSR count). The number of aromatic carboxylic acids is 1. The van der Waals surface area contributed by atoms with Crippen LogP contribution in [0.2, 0.25) is 5.02 Å². The zero-order valence-corrected chi connectivity index (χ0v) is 17.9. The molecule has 0 saturated heterocycles. The van der Waals surface area contributed by atoms with Crippen molar-refractivity contribution in [2.45, 2.75) is 4.90 Å². The minimum Gasteiger partial charge on any atom is -0.505 e. The van der Waals surface area contributed by atoms with Crippen LogP contribution >= 0.6 is 11.6 Å². The quantitative estimate of drug-likeness (QED) is 0.312. The fourth-order valence-electron chi connectivity index (χ4n) is 2.44. The van der Waals surface area contributed by atoms with Crippen LogP contribution in [0.1, 0.15) is 10.4 Å². The third-order valence-electron chi connectivity index (χ3n) is 3.68. The molecular formula is C17H11CaClN2O6S. The van der Waals surface area contributed by atoms with Crippen molar-refractivity contribution in [3.05, 3.63) is 59.1 Å². The van der Waals surface area contributed by atoms with Crippen molar-refractivity contribution in [3.63, 3.8) is 0 Å². The van der Waals surface area contributed by atoms with E-state index < -0.39 is 26.7 Å². The van der Waals surface area contributed by atoms with E-state index in [0.717, 1.165) is 6.07 Å². The van der Waals surface area contributed by atoms with E-state index in [2.05, 4.69) is 10.2 Å². The molecule has 0 aliphatic heterocycles. The van der Waals surface area contributed by atoms with Crippen LogP contribution in [0.25, 0.3) is 10.8 Å². The van der Waals surface area contributed by atoms with Crippen LogP contribution in [-0.2, 0) is 10.1 Å². The number of carboxylic acids is 1. The predicted molar refractivity (Wildman–Crippen MR) is 104 cm³/mol. The summed E-state index contributed by atoms with van der Waals surface area (Å²) in [6.45, 7) is 0. The fourth-order valence-corrected chi connectivity index (χ4v) is 3.44. The van der Waals surface area contributed by atoms with E-state index in [1.807, 2.05) is 0 Å². The number of benzene rings is 3. The Labute approximate surface area is 194 Å². The molecule has 2 radical (unpaired) electrons. The molecule has 3 aromatic rings. The fraction of sp³-hybridized carbons (Fsp3) is 0. The van der Waals surface area contributed by atoms with E-state index in [1.165, 1.54) is 18.2 Å². The minimum atomic E-state index is -4.56. The molecular weight excluding hydrogens is 436 g/mol. The molecule has 3 N–H and O–H groups in total. The smallest absolute Gasteiger partial charge is 0.339 e. The van der Waals surface area contributed by atoms with Gasteiger partial charge in [-0.1, -0.05) is 35.9 Å². The van der Waals surface area contributed by atoms with Gasteiger partial charge in [-0.15, -0.1) is 5.11 Å². The summed E-state index contributed by atoms with van der Waals surface area (Å²) in [5.41, 5.74) is -0.414. The van der Waals surface area contributed by atoms with Gasteiger partial charge < -0.3 is 10.2 Å². The van der Waals surface area contributed by atoms with Crippen molar-refractivity contribution >= 4 is 87.6 Å². The molecule has 0 heterocycles. The molecule has 0 fully saturated rings. The van der Waals surface area contributed by atoms with Crippen molar-refractivity contribution in [2.75, 3.05) is 0 Å².